The van der Waals surface area contributed by atoms with E-state index in [1.807, 2.05) is 0 Å². The second-order valence-corrected chi connectivity index (χ2v) is 3.01. The maximum Gasteiger partial charge on any atom is 0.341 e. The van der Waals surface area contributed by atoms with Gasteiger partial charge in [0.25, 0.3) is 6.43 Å². The van der Waals surface area contributed by atoms with Crippen molar-refractivity contribution in [3.05, 3.63) is 11.3 Å². The number of rotatable bonds is 4. The van der Waals surface area contributed by atoms with Crippen LogP contribution in [0, 0.1) is 6.92 Å². The van der Waals surface area contributed by atoms with Crippen molar-refractivity contribution in [1.29, 1.82) is 0 Å². The third kappa shape index (κ3) is 2.42. The van der Waals surface area contributed by atoms with Crippen LogP contribution in [0.1, 0.15) is 16.1 Å². The number of carboxylic acid groups (broad SMARTS) is 1. The molecule has 0 amide bonds. The van der Waals surface area contributed by atoms with E-state index in [4.69, 9.17) is 5.11 Å². The first kappa shape index (κ1) is 11.4. The summed E-state index contributed by atoms with van der Waals surface area (Å²) in [6.07, 6.45) is -2.54. The minimum Gasteiger partial charge on any atom is -0.477 e. The second kappa shape index (κ2) is 4.24. The molecule has 1 aromatic rings. The standard InChI is InChI=1S/C8H11F2N3O2/c1-4-6(8(14)15)7(13(2)12-4)11-3-5(9)10/h5,11H,3H2,1-2H3,(H,14,15). The number of alkyl halides is 2. The van der Waals surface area contributed by atoms with Gasteiger partial charge in [0.2, 0.25) is 0 Å². The first-order valence-corrected chi connectivity index (χ1v) is 4.22. The predicted octanol–water partition coefficient (Wildman–Crippen LogP) is 1.10. The molecule has 0 aliphatic carbocycles. The van der Waals surface area contributed by atoms with Gasteiger partial charge in [-0.3, -0.25) is 4.68 Å². The van der Waals surface area contributed by atoms with Crippen LogP contribution in [0.15, 0.2) is 0 Å². The van der Waals surface area contributed by atoms with Gasteiger partial charge in [0, 0.05) is 7.05 Å². The first-order chi connectivity index (χ1) is 6.93. The van der Waals surface area contributed by atoms with Crippen LogP contribution in [0.5, 0.6) is 0 Å². The molecule has 1 heterocycles. The molecule has 1 rings (SSSR count). The van der Waals surface area contributed by atoms with Crippen molar-refractivity contribution in [3.63, 3.8) is 0 Å². The molecule has 0 aliphatic heterocycles. The summed E-state index contributed by atoms with van der Waals surface area (Å²) >= 11 is 0. The van der Waals surface area contributed by atoms with Gasteiger partial charge in [0.1, 0.15) is 11.4 Å². The van der Waals surface area contributed by atoms with E-state index in [9.17, 15) is 13.6 Å². The van der Waals surface area contributed by atoms with Gasteiger partial charge in [-0.1, -0.05) is 0 Å². The molecular weight excluding hydrogens is 208 g/mol. The Labute approximate surface area is 84.7 Å². The average Bonchev–Trinajstić information content (AvgIpc) is 2.37. The quantitative estimate of drug-likeness (QED) is 0.795. The topological polar surface area (TPSA) is 67.2 Å². The fraction of sp³-hybridized carbons (Fsp3) is 0.500. The van der Waals surface area contributed by atoms with Gasteiger partial charge < -0.3 is 10.4 Å². The summed E-state index contributed by atoms with van der Waals surface area (Å²) in [6.45, 7) is 0.913. The molecule has 15 heavy (non-hydrogen) atoms. The van der Waals surface area contributed by atoms with Crippen molar-refractivity contribution < 1.29 is 18.7 Å². The molecule has 0 bridgehead atoms. The number of aryl methyl sites for hydroxylation is 2. The molecule has 0 radical (unpaired) electrons. The van der Waals surface area contributed by atoms with Crippen LogP contribution < -0.4 is 5.32 Å². The van der Waals surface area contributed by atoms with Gasteiger partial charge >= 0.3 is 5.97 Å². The highest BCUT2D eigenvalue weighted by atomic mass is 19.3. The molecule has 5 nitrogen and oxygen atoms in total. The summed E-state index contributed by atoms with van der Waals surface area (Å²) < 4.78 is 25.1. The zero-order valence-electron chi connectivity index (χ0n) is 8.29. The highest BCUT2D eigenvalue weighted by Crippen LogP contribution is 2.18. The molecule has 0 aromatic carbocycles. The largest absolute Gasteiger partial charge is 0.477 e. The zero-order valence-corrected chi connectivity index (χ0v) is 8.29. The van der Waals surface area contributed by atoms with Gasteiger partial charge in [-0.05, 0) is 6.92 Å². The lowest BCUT2D eigenvalue weighted by Crippen LogP contribution is -2.15. The number of hydrogen-bond donors (Lipinski definition) is 2. The number of nitrogens with one attached hydrogen (secondary N) is 1. The van der Waals surface area contributed by atoms with E-state index in [0.717, 1.165) is 0 Å². The van der Waals surface area contributed by atoms with E-state index < -0.39 is 18.9 Å². The fourth-order valence-corrected chi connectivity index (χ4v) is 1.29. The van der Waals surface area contributed by atoms with E-state index in [2.05, 4.69) is 10.4 Å². The minimum absolute atomic E-state index is 0.0712. The van der Waals surface area contributed by atoms with Gasteiger partial charge in [-0.2, -0.15) is 5.10 Å². The Bertz CT molecular complexity index is 376. The molecule has 2 N–H and O–H groups in total. The van der Waals surface area contributed by atoms with Crippen LogP contribution in [-0.2, 0) is 7.05 Å². The van der Waals surface area contributed by atoms with Gasteiger partial charge in [-0.25, -0.2) is 13.6 Å². The van der Waals surface area contributed by atoms with E-state index in [1.54, 1.807) is 0 Å². The third-order valence-corrected chi connectivity index (χ3v) is 1.86. The fourth-order valence-electron chi connectivity index (χ4n) is 1.29. The predicted molar refractivity (Wildman–Crippen MR) is 49.4 cm³/mol. The Morgan fingerprint density at radius 2 is 2.27 bits per heavy atom. The molecule has 0 aliphatic rings. The van der Waals surface area contributed by atoms with Crippen molar-refractivity contribution in [2.45, 2.75) is 13.3 Å². The normalized spacial score (nSPS) is 10.7. The van der Waals surface area contributed by atoms with Crippen molar-refractivity contribution in [2.24, 2.45) is 7.05 Å². The Hall–Kier alpha value is -1.66. The van der Waals surface area contributed by atoms with Crippen LogP contribution >= 0.6 is 0 Å². The molecule has 0 saturated heterocycles. The Morgan fingerprint density at radius 1 is 1.67 bits per heavy atom. The molecule has 0 fully saturated rings. The number of carboxylic acids is 1. The number of hydrogen-bond acceptors (Lipinski definition) is 3. The highest BCUT2D eigenvalue weighted by Gasteiger charge is 2.19. The van der Waals surface area contributed by atoms with Crippen LogP contribution in [-0.4, -0.2) is 33.8 Å². The van der Waals surface area contributed by atoms with Gasteiger partial charge in [0.15, 0.2) is 0 Å². The lowest BCUT2D eigenvalue weighted by molar-refractivity contribution is 0.0696. The monoisotopic (exact) mass is 219 g/mol. The Kier molecular flexibility index (Phi) is 3.23. The SMILES string of the molecule is Cc1nn(C)c(NCC(F)F)c1C(=O)O. The summed E-state index contributed by atoms with van der Waals surface area (Å²) in [6, 6.07) is 0. The molecule has 0 saturated carbocycles. The molecule has 0 spiro atoms. The molecule has 0 atom stereocenters. The number of anilines is 1. The maximum absolute atomic E-state index is 12.0. The van der Waals surface area contributed by atoms with Gasteiger partial charge in [0.05, 0.1) is 12.2 Å². The third-order valence-electron chi connectivity index (χ3n) is 1.86. The Morgan fingerprint density at radius 3 is 2.73 bits per heavy atom. The number of aromatic nitrogens is 2. The van der Waals surface area contributed by atoms with Crippen LogP contribution in [0.2, 0.25) is 0 Å². The summed E-state index contributed by atoms with van der Waals surface area (Å²) in [5.74, 6) is -1.09. The first-order valence-electron chi connectivity index (χ1n) is 4.22. The number of halogens is 2. The smallest absolute Gasteiger partial charge is 0.341 e. The zero-order chi connectivity index (χ0) is 11.6. The second-order valence-electron chi connectivity index (χ2n) is 3.01. The number of carbonyl (C=O) groups is 1. The average molecular weight is 219 g/mol. The van der Waals surface area contributed by atoms with Crippen molar-refractivity contribution in [3.8, 4) is 0 Å². The molecule has 7 heteroatoms. The number of aromatic carboxylic acids is 1. The van der Waals surface area contributed by atoms with Crippen molar-refractivity contribution in [2.75, 3.05) is 11.9 Å². The van der Waals surface area contributed by atoms with E-state index >= 15 is 0 Å². The highest BCUT2D eigenvalue weighted by molar-refractivity contribution is 5.94. The summed E-state index contributed by atoms with van der Waals surface area (Å²) in [5.41, 5.74) is 0.222. The summed E-state index contributed by atoms with van der Waals surface area (Å²) in [4.78, 5) is 10.8. The van der Waals surface area contributed by atoms with Crippen LogP contribution in [0.3, 0.4) is 0 Å². The van der Waals surface area contributed by atoms with E-state index in [-0.39, 0.29) is 11.4 Å². The summed E-state index contributed by atoms with van der Waals surface area (Å²) in [7, 11) is 1.49. The number of nitrogens with zero attached hydrogens (tertiary/aromatic N) is 2. The summed E-state index contributed by atoms with van der Waals surface area (Å²) in [5, 5.41) is 15.0. The van der Waals surface area contributed by atoms with Crippen molar-refractivity contribution >= 4 is 11.8 Å². The maximum atomic E-state index is 12.0. The molecule has 1 aromatic heterocycles. The minimum atomic E-state index is -2.54. The molecule has 0 unspecified atom stereocenters. The molecular formula is C8H11F2N3O2. The lowest BCUT2D eigenvalue weighted by atomic mass is 10.2. The lowest BCUT2D eigenvalue weighted by Gasteiger charge is -2.06. The van der Waals surface area contributed by atoms with Crippen LogP contribution in [0.4, 0.5) is 14.6 Å². The van der Waals surface area contributed by atoms with E-state index in [0.29, 0.717) is 5.69 Å². The molecule has 84 valence electrons. The van der Waals surface area contributed by atoms with Crippen molar-refractivity contribution in [1.82, 2.24) is 9.78 Å². The van der Waals surface area contributed by atoms with E-state index in [1.165, 1.54) is 18.7 Å². The van der Waals surface area contributed by atoms with Crippen LogP contribution in [0.25, 0.3) is 0 Å². The van der Waals surface area contributed by atoms with Gasteiger partial charge in [-0.15, -0.1) is 0 Å². The Balaban J connectivity index is 2.99.